The van der Waals surface area contributed by atoms with E-state index in [0.29, 0.717) is 12.1 Å². The summed E-state index contributed by atoms with van der Waals surface area (Å²) in [6.45, 7) is 4.49. The predicted octanol–water partition coefficient (Wildman–Crippen LogP) is 3.10. The van der Waals surface area contributed by atoms with E-state index in [1.165, 1.54) is 32.1 Å². The molecule has 3 heteroatoms. The molecular weight excluding hydrogens is 210 g/mol. The molecule has 2 rings (SSSR count). The Kier molecular flexibility index (Phi) is 4.49. The SMILES string of the molecule is CCC1CCCCC1NC(C)c1cnccn1. The third-order valence-electron chi connectivity index (χ3n) is 3.92. The summed E-state index contributed by atoms with van der Waals surface area (Å²) >= 11 is 0. The predicted molar refractivity (Wildman–Crippen MR) is 69.6 cm³/mol. The van der Waals surface area contributed by atoms with Crippen LogP contribution < -0.4 is 5.32 Å². The highest BCUT2D eigenvalue weighted by Crippen LogP contribution is 2.28. The smallest absolute Gasteiger partial charge is 0.0753 e. The van der Waals surface area contributed by atoms with Crippen molar-refractivity contribution in [3.8, 4) is 0 Å². The van der Waals surface area contributed by atoms with Crippen LogP contribution >= 0.6 is 0 Å². The van der Waals surface area contributed by atoms with Gasteiger partial charge >= 0.3 is 0 Å². The topological polar surface area (TPSA) is 37.8 Å². The molecule has 0 spiro atoms. The van der Waals surface area contributed by atoms with Gasteiger partial charge in [-0.1, -0.05) is 26.2 Å². The van der Waals surface area contributed by atoms with E-state index in [1.807, 2.05) is 6.20 Å². The maximum absolute atomic E-state index is 4.37. The monoisotopic (exact) mass is 233 g/mol. The average Bonchev–Trinajstić information content (AvgIpc) is 2.40. The first kappa shape index (κ1) is 12.5. The summed E-state index contributed by atoms with van der Waals surface area (Å²) in [6, 6.07) is 0.964. The number of nitrogens with one attached hydrogen (secondary N) is 1. The molecule has 0 saturated heterocycles. The quantitative estimate of drug-likeness (QED) is 0.868. The third kappa shape index (κ3) is 3.25. The van der Waals surface area contributed by atoms with Crippen molar-refractivity contribution < 1.29 is 0 Å². The lowest BCUT2D eigenvalue weighted by molar-refractivity contribution is 0.239. The van der Waals surface area contributed by atoms with E-state index in [4.69, 9.17) is 0 Å². The van der Waals surface area contributed by atoms with E-state index in [2.05, 4.69) is 29.1 Å². The largest absolute Gasteiger partial charge is 0.306 e. The van der Waals surface area contributed by atoms with E-state index in [-0.39, 0.29) is 0 Å². The minimum atomic E-state index is 0.306. The Morgan fingerprint density at radius 2 is 2.18 bits per heavy atom. The van der Waals surface area contributed by atoms with Gasteiger partial charge in [0.15, 0.2) is 0 Å². The minimum Gasteiger partial charge on any atom is -0.306 e. The highest BCUT2D eigenvalue weighted by molar-refractivity contribution is 5.01. The van der Waals surface area contributed by atoms with E-state index in [0.717, 1.165) is 11.6 Å². The standard InChI is InChI=1S/C14H23N3/c1-3-12-6-4-5-7-13(12)17-11(2)14-10-15-8-9-16-14/h8-13,17H,3-7H2,1-2H3. The summed E-state index contributed by atoms with van der Waals surface area (Å²) in [4.78, 5) is 8.51. The van der Waals surface area contributed by atoms with Gasteiger partial charge in [-0.2, -0.15) is 0 Å². The molecule has 94 valence electrons. The molecule has 1 aliphatic rings. The zero-order chi connectivity index (χ0) is 12.1. The summed E-state index contributed by atoms with van der Waals surface area (Å²) in [5, 5.41) is 3.73. The van der Waals surface area contributed by atoms with Gasteiger partial charge in [-0.15, -0.1) is 0 Å². The molecule has 1 N–H and O–H groups in total. The van der Waals surface area contributed by atoms with Crippen molar-refractivity contribution in [3.05, 3.63) is 24.3 Å². The molecule has 0 amide bonds. The van der Waals surface area contributed by atoms with Crippen molar-refractivity contribution in [1.29, 1.82) is 0 Å². The molecule has 1 aliphatic carbocycles. The number of rotatable bonds is 4. The van der Waals surface area contributed by atoms with Crippen molar-refractivity contribution in [3.63, 3.8) is 0 Å². The number of hydrogen-bond acceptors (Lipinski definition) is 3. The fraction of sp³-hybridized carbons (Fsp3) is 0.714. The van der Waals surface area contributed by atoms with E-state index < -0.39 is 0 Å². The Hall–Kier alpha value is -0.960. The van der Waals surface area contributed by atoms with Crippen LogP contribution in [0.1, 0.15) is 57.7 Å². The first-order valence-corrected chi connectivity index (χ1v) is 6.83. The minimum absolute atomic E-state index is 0.306. The second-order valence-corrected chi connectivity index (χ2v) is 5.08. The Labute approximate surface area is 104 Å². The molecule has 0 aromatic carbocycles. The van der Waals surface area contributed by atoms with Crippen LogP contribution in [0.4, 0.5) is 0 Å². The molecule has 0 bridgehead atoms. The van der Waals surface area contributed by atoms with Crippen LogP contribution in [0.5, 0.6) is 0 Å². The Morgan fingerprint density at radius 3 is 2.88 bits per heavy atom. The van der Waals surface area contributed by atoms with Gasteiger partial charge < -0.3 is 5.32 Å². The van der Waals surface area contributed by atoms with Gasteiger partial charge in [-0.3, -0.25) is 9.97 Å². The second-order valence-electron chi connectivity index (χ2n) is 5.08. The number of aromatic nitrogens is 2. The van der Waals surface area contributed by atoms with Gasteiger partial charge in [0.1, 0.15) is 0 Å². The summed E-state index contributed by atoms with van der Waals surface area (Å²) < 4.78 is 0. The molecule has 1 fully saturated rings. The average molecular weight is 233 g/mol. The summed E-state index contributed by atoms with van der Waals surface area (Å²) in [5.41, 5.74) is 1.05. The normalized spacial score (nSPS) is 26.7. The molecule has 0 aliphatic heterocycles. The molecule has 3 nitrogen and oxygen atoms in total. The van der Waals surface area contributed by atoms with Crippen LogP contribution in [0.3, 0.4) is 0 Å². The van der Waals surface area contributed by atoms with Crippen molar-refractivity contribution in [2.75, 3.05) is 0 Å². The first-order valence-electron chi connectivity index (χ1n) is 6.83. The van der Waals surface area contributed by atoms with Gasteiger partial charge in [-0.05, 0) is 25.7 Å². The zero-order valence-corrected chi connectivity index (χ0v) is 10.9. The lowest BCUT2D eigenvalue weighted by Crippen LogP contribution is -2.39. The molecule has 3 unspecified atom stereocenters. The second kappa shape index (κ2) is 6.10. The van der Waals surface area contributed by atoms with Crippen LogP contribution in [0, 0.1) is 5.92 Å². The van der Waals surface area contributed by atoms with Crippen molar-refractivity contribution in [2.24, 2.45) is 5.92 Å². The summed E-state index contributed by atoms with van der Waals surface area (Å²) in [5.74, 6) is 0.836. The van der Waals surface area contributed by atoms with E-state index in [9.17, 15) is 0 Å². The third-order valence-corrected chi connectivity index (χ3v) is 3.92. The fourth-order valence-corrected chi connectivity index (χ4v) is 2.86. The highest BCUT2D eigenvalue weighted by atomic mass is 15.0. The lowest BCUT2D eigenvalue weighted by atomic mass is 9.82. The van der Waals surface area contributed by atoms with Crippen LogP contribution in [0.2, 0.25) is 0 Å². The van der Waals surface area contributed by atoms with E-state index in [1.54, 1.807) is 12.4 Å². The number of nitrogens with zero attached hydrogens (tertiary/aromatic N) is 2. The zero-order valence-electron chi connectivity index (χ0n) is 10.9. The fourth-order valence-electron chi connectivity index (χ4n) is 2.86. The summed E-state index contributed by atoms with van der Waals surface area (Å²) in [7, 11) is 0. The van der Waals surface area contributed by atoms with Gasteiger partial charge in [0, 0.05) is 30.7 Å². The molecule has 0 radical (unpaired) electrons. The van der Waals surface area contributed by atoms with Crippen molar-refractivity contribution >= 4 is 0 Å². The molecule has 3 atom stereocenters. The first-order chi connectivity index (χ1) is 8.31. The van der Waals surface area contributed by atoms with Crippen LogP contribution in [0.25, 0.3) is 0 Å². The Balaban J connectivity index is 1.95. The van der Waals surface area contributed by atoms with Crippen LogP contribution in [-0.4, -0.2) is 16.0 Å². The van der Waals surface area contributed by atoms with Gasteiger partial charge in [0.05, 0.1) is 5.69 Å². The molecule has 1 aromatic rings. The molecule has 1 aromatic heterocycles. The van der Waals surface area contributed by atoms with E-state index >= 15 is 0 Å². The van der Waals surface area contributed by atoms with Gasteiger partial charge in [0.25, 0.3) is 0 Å². The number of hydrogen-bond donors (Lipinski definition) is 1. The van der Waals surface area contributed by atoms with Gasteiger partial charge in [0.2, 0.25) is 0 Å². The lowest BCUT2D eigenvalue weighted by Gasteiger charge is -2.33. The maximum Gasteiger partial charge on any atom is 0.0753 e. The molecule has 1 heterocycles. The summed E-state index contributed by atoms with van der Waals surface area (Å²) in [6.07, 6.45) is 12.1. The van der Waals surface area contributed by atoms with Crippen LogP contribution in [-0.2, 0) is 0 Å². The molecular formula is C14H23N3. The maximum atomic E-state index is 4.37. The van der Waals surface area contributed by atoms with Gasteiger partial charge in [-0.25, -0.2) is 0 Å². The molecule has 17 heavy (non-hydrogen) atoms. The highest BCUT2D eigenvalue weighted by Gasteiger charge is 2.25. The van der Waals surface area contributed by atoms with Crippen LogP contribution in [0.15, 0.2) is 18.6 Å². The molecule has 1 saturated carbocycles. The Bertz CT molecular complexity index is 325. The van der Waals surface area contributed by atoms with Crippen molar-refractivity contribution in [2.45, 2.75) is 58.0 Å². The Morgan fingerprint density at radius 1 is 1.35 bits per heavy atom. The van der Waals surface area contributed by atoms with Crippen molar-refractivity contribution in [1.82, 2.24) is 15.3 Å².